The van der Waals surface area contributed by atoms with Gasteiger partial charge in [-0.05, 0) is 52.8 Å². The van der Waals surface area contributed by atoms with Gasteiger partial charge in [0, 0.05) is 16.7 Å². The number of esters is 1. The van der Waals surface area contributed by atoms with Crippen LogP contribution < -0.4 is 9.47 Å². The Hall–Kier alpha value is -3.28. The van der Waals surface area contributed by atoms with Crippen molar-refractivity contribution >= 4 is 17.9 Å². The summed E-state index contributed by atoms with van der Waals surface area (Å²) in [5, 5.41) is 10.9. The van der Waals surface area contributed by atoms with E-state index in [1.165, 1.54) is 0 Å². The summed E-state index contributed by atoms with van der Waals surface area (Å²) in [5.41, 5.74) is 2.73. The molecule has 2 aromatic carbocycles. The minimum atomic E-state index is -0.518. The van der Waals surface area contributed by atoms with Crippen LogP contribution in [-0.2, 0) is 20.4 Å². The van der Waals surface area contributed by atoms with E-state index in [4.69, 9.17) is 14.2 Å². The van der Waals surface area contributed by atoms with Crippen LogP contribution in [0.5, 0.6) is 17.2 Å². The van der Waals surface area contributed by atoms with E-state index in [1.807, 2.05) is 53.7 Å². The maximum atomic E-state index is 12.5. The van der Waals surface area contributed by atoms with Crippen molar-refractivity contribution < 1.29 is 24.1 Å². The molecular weight excluding hydrogens is 394 g/mol. The number of phenols is 1. The number of rotatable bonds is 2. The number of carbonyl (C=O) groups excluding carboxylic acids is 1. The van der Waals surface area contributed by atoms with E-state index in [0.29, 0.717) is 22.8 Å². The monoisotopic (exact) mass is 421 g/mol. The Morgan fingerprint density at radius 3 is 2.16 bits per heavy atom. The lowest BCUT2D eigenvalue weighted by atomic mass is 9.78. The molecule has 6 nitrogen and oxygen atoms in total. The average Bonchev–Trinajstić information content (AvgIpc) is 3.27. The van der Waals surface area contributed by atoms with Crippen molar-refractivity contribution in [3.05, 3.63) is 58.3 Å². The Morgan fingerprint density at radius 1 is 0.935 bits per heavy atom. The number of aromatic hydroxyl groups is 1. The van der Waals surface area contributed by atoms with E-state index in [1.54, 1.807) is 24.3 Å². The highest BCUT2D eigenvalue weighted by atomic mass is 16.7. The van der Waals surface area contributed by atoms with Gasteiger partial charge in [0.05, 0.1) is 0 Å². The number of phenolic OH excluding ortho intramolecular Hbond substituents is 1. The molecule has 0 aliphatic carbocycles. The molecule has 0 aromatic heterocycles. The van der Waals surface area contributed by atoms with Crippen LogP contribution in [0.2, 0.25) is 0 Å². The SMILES string of the molecule is CC(C)(C)c1cc(C=C2N=C(c3ccc4c(c3)OCO4)OC2=O)cc(C(C)(C)C)c1O. The number of carbonyl (C=O) groups is 1. The molecule has 0 amide bonds. The minimum absolute atomic E-state index is 0.170. The van der Waals surface area contributed by atoms with Crippen molar-refractivity contribution in [2.24, 2.45) is 4.99 Å². The molecule has 0 saturated heterocycles. The molecule has 0 bridgehead atoms. The average molecular weight is 421 g/mol. The van der Waals surface area contributed by atoms with Crippen LogP contribution in [0.4, 0.5) is 0 Å². The molecule has 0 atom stereocenters. The first-order valence-corrected chi connectivity index (χ1v) is 10.2. The highest BCUT2D eigenvalue weighted by molar-refractivity contribution is 6.13. The number of benzene rings is 2. The fourth-order valence-corrected chi connectivity index (χ4v) is 3.60. The van der Waals surface area contributed by atoms with Gasteiger partial charge in [-0.1, -0.05) is 41.5 Å². The van der Waals surface area contributed by atoms with Crippen molar-refractivity contribution in [2.45, 2.75) is 52.4 Å². The normalized spacial score (nSPS) is 17.2. The second-order valence-corrected chi connectivity index (χ2v) is 9.87. The highest BCUT2D eigenvalue weighted by Crippen LogP contribution is 2.40. The molecule has 4 rings (SSSR count). The maximum Gasteiger partial charge on any atom is 0.363 e. The molecular formula is C25H27NO5. The number of cyclic esters (lactones) is 1. The lowest BCUT2D eigenvalue weighted by Gasteiger charge is -2.27. The number of hydrogen-bond donors (Lipinski definition) is 1. The standard InChI is InChI=1S/C25H27NO5/c1-24(2,3)16-9-14(10-17(21(16)27)25(4,5)6)11-18-23(28)31-22(26-18)15-7-8-19-20(12-15)30-13-29-19/h7-12,27H,13H2,1-6H3. The van der Waals surface area contributed by atoms with Crippen LogP contribution in [0.1, 0.15) is 63.8 Å². The summed E-state index contributed by atoms with van der Waals surface area (Å²) in [6, 6.07) is 9.09. The van der Waals surface area contributed by atoms with E-state index >= 15 is 0 Å². The third kappa shape index (κ3) is 4.02. The quantitative estimate of drug-likeness (QED) is 0.542. The molecule has 0 fully saturated rings. The van der Waals surface area contributed by atoms with Gasteiger partial charge in [-0.15, -0.1) is 0 Å². The van der Waals surface area contributed by atoms with Gasteiger partial charge in [0.25, 0.3) is 0 Å². The Bertz CT molecular complexity index is 1090. The summed E-state index contributed by atoms with van der Waals surface area (Å²) in [6.45, 7) is 12.5. The van der Waals surface area contributed by atoms with Crippen LogP contribution >= 0.6 is 0 Å². The summed E-state index contributed by atoms with van der Waals surface area (Å²) >= 11 is 0. The van der Waals surface area contributed by atoms with Gasteiger partial charge in [0.1, 0.15) is 5.75 Å². The molecule has 2 heterocycles. The number of fused-ring (bicyclic) bond motifs is 1. The molecule has 0 radical (unpaired) electrons. The van der Waals surface area contributed by atoms with Crippen molar-refractivity contribution in [3.63, 3.8) is 0 Å². The second kappa shape index (κ2) is 7.15. The second-order valence-electron chi connectivity index (χ2n) is 9.87. The highest BCUT2D eigenvalue weighted by Gasteiger charge is 2.29. The minimum Gasteiger partial charge on any atom is -0.507 e. The number of aliphatic imine (C=N–C) groups is 1. The number of ether oxygens (including phenoxy) is 3. The third-order valence-corrected chi connectivity index (χ3v) is 5.29. The Kier molecular flexibility index (Phi) is 4.84. The largest absolute Gasteiger partial charge is 0.507 e. The van der Waals surface area contributed by atoms with Crippen LogP contribution in [0.25, 0.3) is 6.08 Å². The molecule has 1 N–H and O–H groups in total. The Morgan fingerprint density at radius 2 is 1.55 bits per heavy atom. The topological polar surface area (TPSA) is 77.3 Å². The van der Waals surface area contributed by atoms with Crippen LogP contribution in [0, 0.1) is 0 Å². The number of hydrogen-bond acceptors (Lipinski definition) is 6. The molecule has 0 unspecified atom stereocenters. The van der Waals surface area contributed by atoms with Gasteiger partial charge in [0.15, 0.2) is 17.2 Å². The van der Waals surface area contributed by atoms with Crippen LogP contribution in [0.3, 0.4) is 0 Å². The zero-order valence-electron chi connectivity index (χ0n) is 18.7. The van der Waals surface area contributed by atoms with E-state index in [-0.39, 0.29) is 29.2 Å². The summed E-state index contributed by atoms with van der Waals surface area (Å²) in [4.78, 5) is 16.9. The first-order valence-electron chi connectivity index (χ1n) is 10.2. The maximum absolute atomic E-state index is 12.5. The summed E-state index contributed by atoms with van der Waals surface area (Å²) in [5.74, 6) is 1.24. The van der Waals surface area contributed by atoms with E-state index in [0.717, 1.165) is 16.7 Å². The van der Waals surface area contributed by atoms with E-state index < -0.39 is 5.97 Å². The van der Waals surface area contributed by atoms with Crippen molar-refractivity contribution in [1.82, 2.24) is 0 Å². The Balaban J connectivity index is 1.76. The summed E-state index contributed by atoms with van der Waals surface area (Å²) in [6.07, 6.45) is 1.70. The van der Waals surface area contributed by atoms with Gasteiger partial charge < -0.3 is 19.3 Å². The lowest BCUT2D eigenvalue weighted by Crippen LogP contribution is -2.17. The predicted molar refractivity (Wildman–Crippen MR) is 119 cm³/mol. The third-order valence-electron chi connectivity index (χ3n) is 5.29. The molecule has 6 heteroatoms. The van der Waals surface area contributed by atoms with Gasteiger partial charge in [-0.2, -0.15) is 0 Å². The van der Waals surface area contributed by atoms with E-state index in [2.05, 4.69) is 4.99 Å². The summed E-state index contributed by atoms with van der Waals surface area (Å²) in [7, 11) is 0. The zero-order valence-corrected chi connectivity index (χ0v) is 18.7. The molecule has 2 aliphatic heterocycles. The molecule has 2 aliphatic rings. The zero-order chi connectivity index (χ0) is 22.6. The van der Waals surface area contributed by atoms with Crippen LogP contribution in [-0.4, -0.2) is 23.8 Å². The van der Waals surface area contributed by atoms with Gasteiger partial charge in [0.2, 0.25) is 12.7 Å². The van der Waals surface area contributed by atoms with E-state index in [9.17, 15) is 9.90 Å². The van der Waals surface area contributed by atoms with Gasteiger partial charge in [-0.25, -0.2) is 9.79 Å². The van der Waals surface area contributed by atoms with Gasteiger partial charge >= 0.3 is 5.97 Å². The fraction of sp³-hybridized carbons (Fsp3) is 0.360. The smallest absolute Gasteiger partial charge is 0.363 e. The first-order chi connectivity index (χ1) is 14.4. The van der Waals surface area contributed by atoms with Crippen molar-refractivity contribution in [1.29, 1.82) is 0 Å². The van der Waals surface area contributed by atoms with Gasteiger partial charge in [-0.3, -0.25) is 0 Å². The molecule has 0 spiro atoms. The molecule has 162 valence electrons. The first kappa shape index (κ1) is 21.0. The number of nitrogens with zero attached hydrogens (tertiary/aromatic N) is 1. The lowest BCUT2D eigenvalue weighted by molar-refractivity contribution is -0.129. The van der Waals surface area contributed by atoms with Crippen molar-refractivity contribution in [3.8, 4) is 17.2 Å². The molecule has 2 aromatic rings. The Labute approximate surface area is 182 Å². The molecule has 31 heavy (non-hydrogen) atoms. The fourth-order valence-electron chi connectivity index (χ4n) is 3.60. The predicted octanol–water partition coefficient (Wildman–Crippen LogP) is 5.06. The summed E-state index contributed by atoms with van der Waals surface area (Å²) < 4.78 is 16.1. The van der Waals surface area contributed by atoms with Crippen LogP contribution in [0.15, 0.2) is 41.0 Å². The van der Waals surface area contributed by atoms with Crippen molar-refractivity contribution in [2.75, 3.05) is 6.79 Å². The molecule has 0 saturated carbocycles.